The third-order valence-corrected chi connectivity index (χ3v) is 15.3. The summed E-state index contributed by atoms with van der Waals surface area (Å²) in [5.74, 6) is 2.12. The second-order valence-electron chi connectivity index (χ2n) is 18.8. The number of nitrogens with zero attached hydrogens (tertiary/aromatic N) is 3. The van der Waals surface area contributed by atoms with Gasteiger partial charge in [0.1, 0.15) is 0 Å². The van der Waals surface area contributed by atoms with Gasteiger partial charge >= 0.3 is 0 Å². The lowest BCUT2D eigenvalue weighted by atomic mass is 9.64. The summed E-state index contributed by atoms with van der Waals surface area (Å²) in [6.07, 6.45) is 11.9. The van der Waals surface area contributed by atoms with Gasteiger partial charge in [-0.2, -0.15) is 0 Å². The maximum atomic E-state index is 2.47. The van der Waals surface area contributed by atoms with Crippen molar-refractivity contribution in [1.82, 2.24) is 4.57 Å². The molecule has 0 spiro atoms. The van der Waals surface area contributed by atoms with E-state index in [1.807, 2.05) is 0 Å². The van der Waals surface area contributed by atoms with E-state index in [0.717, 1.165) is 17.3 Å². The predicted octanol–water partition coefficient (Wildman–Crippen LogP) is 16.9. The Labute approximate surface area is 378 Å². The minimum absolute atomic E-state index is 0.00501. The van der Waals surface area contributed by atoms with Gasteiger partial charge in [0.15, 0.2) is 0 Å². The molecule has 2 bridgehead atoms. The average Bonchev–Trinajstić information content (AvgIpc) is 4.09. The molecule has 0 saturated heterocycles. The molecule has 9 aromatic rings. The van der Waals surface area contributed by atoms with Crippen LogP contribution in [0.3, 0.4) is 0 Å². The van der Waals surface area contributed by atoms with Crippen LogP contribution in [0.2, 0.25) is 0 Å². The van der Waals surface area contributed by atoms with Gasteiger partial charge in [0.25, 0.3) is 0 Å². The van der Waals surface area contributed by atoms with Crippen molar-refractivity contribution in [3.8, 4) is 5.69 Å². The Morgan fingerprint density at radius 1 is 0.406 bits per heavy atom. The second-order valence-corrected chi connectivity index (χ2v) is 18.8. The Kier molecular flexibility index (Phi) is 9.93. The molecule has 3 fully saturated rings. The maximum absolute atomic E-state index is 2.47. The molecule has 1 aromatic heterocycles. The van der Waals surface area contributed by atoms with Crippen LogP contribution in [0.5, 0.6) is 0 Å². The van der Waals surface area contributed by atoms with Crippen molar-refractivity contribution in [2.75, 3.05) is 9.80 Å². The molecule has 314 valence electrons. The monoisotopic (exact) mass is 829 g/mol. The van der Waals surface area contributed by atoms with Gasteiger partial charge in [0, 0.05) is 56.0 Å². The van der Waals surface area contributed by atoms with E-state index >= 15 is 0 Å². The Morgan fingerprint density at radius 3 is 1.48 bits per heavy atom. The summed E-state index contributed by atoms with van der Waals surface area (Å²) < 4.78 is 2.39. The van der Waals surface area contributed by atoms with Gasteiger partial charge in [0.05, 0.1) is 11.0 Å². The number of anilines is 6. The average molecular weight is 830 g/mol. The smallest absolute Gasteiger partial charge is 0.0542 e. The Bertz CT molecular complexity index is 3020. The van der Waals surface area contributed by atoms with E-state index in [4.69, 9.17) is 0 Å². The molecule has 3 nitrogen and oxygen atoms in total. The van der Waals surface area contributed by atoms with E-state index in [2.05, 4.69) is 221 Å². The molecule has 3 heteroatoms. The van der Waals surface area contributed by atoms with Crippen LogP contribution in [0.4, 0.5) is 34.1 Å². The molecule has 0 radical (unpaired) electrons. The zero-order valence-corrected chi connectivity index (χ0v) is 36.6. The number of hydrogen-bond acceptors (Lipinski definition) is 2. The van der Waals surface area contributed by atoms with Gasteiger partial charge in [-0.1, -0.05) is 135 Å². The quantitative estimate of drug-likeness (QED) is 0.136. The minimum atomic E-state index is -0.00501. The first kappa shape index (κ1) is 38.8. The molecular weight excluding hydrogens is 775 g/mol. The molecule has 64 heavy (non-hydrogen) atoms. The second kappa shape index (κ2) is 16.4. The SMILES string of the molecule is c1ccc(N(c2ccc(C3CCCCC3)cc2)c2ccc(C3(c4ccc(N(c5ccccc5)c5ccc6c(c5)c5ccccc5n6-c5ccccc5)cc4)CC4CCC3C4)cc2)cc1. The van der Waals surface area contributed by atoms with E-state index < -0.39 is 0 Å². The first-order valence-corrected chi connectivity index (χ1v) is 23.8. The van der Waals surface area contributed by atoms with Crippen LogP contribution >= 0.6 is 0 Å². The summed E-state index contributed by atoms with van der Waals surface area (Å²) in [4.78, 5) is 4.87. The summed E-state index contributed by atoms with van der Waals surface area (Å²) in [6.45, 7) is 0. The fraction of sp³-hybridized carbons (Fsp3) is 0.213. The lowest BCUT2D eigenvalue weighted by Crippen LogP contribution is -2.34. The largest absolute Gasteiger partial charge is 0.311 e. The molecule has 1 heterocycles. The number of fused-ring (bicyclic) bond motifs is 5. The van der Waals surface area contributed by atoms with Gasteiger partial charge in [0.2, 0.25) is 0 Å². The van der Waals surface area contributed by atoms with Crippen molar-refractivity contribution >= 4 is 55.9 Å². The van der Waals surface area contributed by atoms with E-state index in [1.165, 1.54) is 125 Å². The molecular formula is C61H55N3. The Morgan fingerprint density at radius 2 is 0.906 bits per heavy atom. The molecule has 8 aromatic carbocycles. The number of rotatable bonds is 10. The normalized spacial score (nSPS) is 19.6. The highest BCUT2D eigenvalue weighted by atomic mass is 15.1. The van der Waals surface area contributed by atoms with Gasteiger partial charge in [-0.3, -0.25) is 0 Å². The zero-order chi connectivity index (χ0) is 42.5. The lowest BCUT2D eigenvalue weighted by molar-refractivity contribution is 0.320. The van der Waals surface area contributed by atoms with Crippen LogP contribution < -0.4 is 9.80 Å². The highest BCUT2D eigenvalue weighted by Gasteiger charge is 2.52. The van der Waals surface area contributed by atoms with Crippen molar-refractivity contribution in [2.24, 2.45) is 11.8 Å². The van der Waals surface area contributed by atoms with Gasteiger partial charge < -0.3 is 14.4 Å². The summed E-state index contributed by atoms with van der Waals surface area (Å²) >= 11 is 0. The molecule has 3 aliphatic carbocycles. The molecule has 12 rings (SSSR count). The van der Waals surface area contributed by atoms with Gasteiger partial charge in [-0.25, -0.2) is 0 Å². The standard InChI is InChI=1S/C61H55N3/c1-5-15-45(16-6-1)46-26-33-53(34-27-46)62(50-17-7-2-8-18-50)54-35-29-47(30-36-54)61(43-44-25-28-49(61)41-44)48-31-37-55(38-32-48)63(51-19-9-3-10-20-51)56-39-40-60-58(42-56)57-23-13-14-24-59(57)64(60)52-21-11-4-12-22-52/h2-4,7-14,17-24,26-27,29-40,42,44-45,49H,1,5-6,15-16,25,28,41,43H2. The van der Waals surface area contributed by atoms with E-state index in [-0.39, 0.29) is 5.41 Å². The maximum Gasteiger partial charge on any atom is 0.0542 e. The molecule has 0 N–H and O–H groups in total. The third kappa shape index (κ3) is 6.72. The number of aromatic nitrogens is 1. The van der Waals surface area contributed by atoms with Crippen molar-refractivity contribution < 1.29 is 0 Å². The zero-order valence-electron chi connectivity index (χ0n) is 36.6. The number of hydrogen-bond donors (Lipinski definition) is 0. The Balaban J connectivity index is 0.909. The molecule has 3 saturated carbocycles. The minimum Gasteiger partial charge on any atom is -0.311 e. The summed E-state index contributed by atoms with van der Waals surface area (Å²) in [5.41, 5.74) is 15.1. The number of benzene rings is 8. The molecule has 0 amide bonds. The van der Waals surface area contributed by atoms with E-state index in [9.17, 15) is 0 Å². The van der Waals surface area contributed by atoms with Crippen molar-refractivity contribution in [3.05, 3.63) is 223 Å². The van der Waals surface area contributed by atoms with Crippen LogP contribution in [0.1, 0.15) is 80.4 Å². The molecule has 3 aliphatic rings. The molecule has 0 aliphatic heterocycles. The van der Waals surface area contributed by atoms with Crippen LogP contribution in [0.15, 0.2) is 206 Å². The van der Waals surface area contributed by atoms with Gasteiger partial charge in [-0.15, -0.1) is 0 Å². The van der Waals surface area contributed by atoms with Crippen LogP contribution in [-0.2, 0) is 5.41 Å². The van der Waals surface area contributed by atoms with E-state index in [1.54, 1.807) is 0 Å². The van der Waals surface area contributed by atoms with Crippen molar-refractivity contribution in [1.29, 1.82) is 0 Å². The van der Waals surface area contributed by atoms with Crippen LogP contribution in [-0.4, -0.2) is 4.57 Å². The summed E-state index contributed by atoms with van der Waals surface area (Å²) in [5, 5.41) is 2.51. The summed E-state index contributed by atoms with van der Waals surface area (Å²) in [7, 11) is 0. The number of para-hydroxylation sites is 4. The molecule has 3 unspecified atom stereocenters. The fourth-order valence-corrected chi connectivity index (χ4v) is 12.4. The molecule has 3 atom stereocenters. The fourth-order valence-electron chi connectivity index (χ4n) is 12.4. The van der Waals surface area contributed by atoms with E-state index in [0.29, 0.717) is 11.8 Å². The first-order valence-electron chi connectivity index (χ1n) is 23.8. The van der Waals surface area contributed by atoms with Gasteiger partial charge in [-0.05, 0) is 164 Å². The lowest BCUT2D eigenvalue weighted by Gasteiger charge is -2.40. The highest BCUT2D eigenvalue weighted by Crippen LogP contribution is 2.60. The Hall–Kier alpha value is -6.84. The van der Waals surface area contributed by atoms with Crippen LogP contribution in [0.25, 0.3) is 27.5 Å². The first-order chi connectivity index (χ1) is 31.7. The van der Waals surface area contributed by atoms with Crippen molar-refractivity contribution in [3.63, 3.8) is 0 Å². The third-order valence-electron chi connectivity index (χ3n) is 15.3. The summed E-state index contributed by atoms with van der Waals surface area (Å²) in [6, 6.07) is 77.2. The topological polar surface area (TPSA) is 11.4 Å². The predicted molar refractivity (Wildman–Crippen MR) is 269 cm³/mol. The highest BCUT2D eigenvalue weighted by molar-refractivity contribution is 6.10. The van der Waals surface area contributed by atoms with Crippen LogP contribution in [0, 0.1) is 11.8 Å². The van der Waals surface area contributed by atoms with Crippen molar-refractivity contribution in [2.45, 2.75) is 69.1 Å².